The molecule has 1 fully saturated rings. The average Bonchev–Trinajstić information content (AvgIpc) is 3.43. The standard InChI is InChI=1S/C20H21N5O2/c1-11-10-16(17-12(2)24-25(3)18(17)21-11)20(27)23-15-8-6-14(7-9-15)22-19(26)13-4-5-13/h6-10,13H,4-5H2,1-3H3,(H,22,26)(H,23,27). The summed E-state index contributed by atoms with van der Waals surface area (Å²) in [5.74, 6) is 0.00861. The van der Waals surface area contributed by atoms with Crippen LogP contribution in [0, 0.1) is 19.8 Å². The van der Waals surface area contributed by atoms with E-state index in [-0.39, 0.29) is 17.7 Å². The molecule has 2 heterocycles. The molecule has 0 bridgehead atoms. The fourth-order valence-corrected chi connectivity index (χ4v) is 3.17. The maximum Gasteiger partial charge on any atom is 0.256 e. The number of carbonyl (C=O) groups excluding carboxylic acids is 2. The van der Waals surface area contributed by atoms with Crippen molar-refractivity contribution >= 4 is 34.2 Å². The molecule has 2 N–H and O–H groups in total. The Labute approximate surface area is 156 Å². The summed E-state index contributed by atoms with van der Waals surface area (Å²) in [7, 11) is 1.82. The van der Waals surface area contributed by atoms with Crippen LogP contribution in [0.25, 0.3) is 11.0 Å². The van der Waals surface area contributed by atoms with Crippen molar-refractivity contribution in [2.24, 2.45) is 13.0 Å². The molecule has 138 valence electrons. The zero-order valence-electron chi connectivity index (χ0n) is 15.5. The topological polar surface area (TPSA) is 88.9 Å². The quantitative estimate of drug-likeness (QED) is 0.745. The lowest BCUT2D eigenvalue weighted by Crippen LogP contribution is -2.14. The third kappa shape index (κ3) is 3.40. The van der Waals surface area contributed by atoms with Gasteiger partial charge in [0.2, 0.25) is 5.91 Å². The van der Waals surface area contributed by atoms with Crippen LogP contribution >= 0.6 is 0 Å². The van der Waals surface area contributed by atoms with Crippen molar-refractivity contribution in [1.82, 2.24) is 14.8 Å². The van der Waals surface area contributed by atoms with Gasteiger partial charge in [-0.05, 0) is 57.0 Å². The van der Waals surface area contributed by atoms with E-state index in [1.54, 1.807) is 35.0 Å². The van der Waals surface area contributed by atoms with Crippen LogP contribution in [0.4, 0.5) is 11.4 Å². The van der Waals surface area contributed by atoms with Crippen LogP contribution in [0.5, 0.6) is 0 Å². The first-order valence-corrected chi connectivity index (χ1v) is 8.95. The predicted octanol–water partition coefficient (Wildman–Crippen LogP) is 3.19. The highest BCUT2D eigenvalue weighted by atomic mass is 16.2. The molecule has 2 amide bonds. The minimum atomic E-state index is -0.212. The summed E-state index contributed by atoms with van der Waals surface area (Å²) in [6, 6.07) is 8.91. The number of aromatic nitrogens is 3. The van der Waals surface area contributed by atoms with Crippen LogP contribution in [0.15, 0.2) is 30.3 Å². The summed E-state index contributed by atoms with van der Waals surface area (Å²) in [5.41, 5.74) is 4.16. The molecule has 1 aromatic carbocycles. The van der Waals surface area contributed by atoms with Gasteiger partial charge in [0, 0.05) is 30.0 Å². The smallest absolute Gasteiger partial charge is 0.256 e. The van der Waals surface area contributed by atoms with Crippen molar-refractivity contribution < 1.29 is 9.59 Å². The van der Waals surface area contributed by atoms with E-state index in [9.17, 15) is 9.59 Å². The summed E-state index contributed by atoms with van der Waals surface area (Å²) in [4.78, 5) is 29.2. The van der Waals surface area contributed by atoms with E-state index in [1.165, 1.54) is 0 Å². The molecule has 0 spiro atoms. The second-order valence-electron chi connectivity index (χ2n) is 7.01. The minimum Gasteiger partial charge on any atom is -0.326 e. The average molecular weight is 363 g/mol. The van der Waals surface area contributed by atoms with Gasteiger partial charge < -0.3 is 10.6 Å². The number of nitrogens with zero attached hydrogens (tertiary/aromatic N) is 3. The molecule has 0 aliphatic heterocycles. The number of hydrogen-bond donors (Lipinski definition) is 2. The maximum absolute atomic E-state index is 12.9. The van der Waals surface area contributed by atoms with Crippen LogP contribution in [-0.4, -0.2) is 26.6 Å². The van der Waals surface area contributed by atoms with Gasteiger partial charge in [-0.2, -0.15) is 5.10 Å². The van der Waals surface area contributed by atoms with Crippen molar-refractivity contribution in [2.45, 2.75) is 26.7 Å². The van der Waals surface area contributed by atoms with E-state index in [1.807, 2.05) is 20.9 Å². The van der Waals surface area contributed by atoms with Gasteiger partial charge in [-0.25, -0.2) is 4.98 Å². The van der Waals surface area contributed by atoms with E-state index in [0.29, 0.717) is 16.9 Å². The van der Waals surface area contributed by atoms with Crippen LogP contribution in [0.1, 0.15) is 34.6 Å². The molecule has 3 aromatic rings. The number of anilines is 2. The molecule has 27 heavy (non-hydrogen) atoms. The molecule has 1 saturated carbocycles. The Morgan fingerprint density at radius 1 is 1.07 bits per heavy atom. The lowest BCUT2D eigenvalue weighted by atomic mass is 10.1. The monoisotopic (exact) mass is 363 g/mol. The highest BCUT2D eigenvalue weighted by molar-refractivity contribution is 6.12. The van der Waals surface area contributed by atoms with Gasteiger partial charge in [0.1, 0.15) is 0 Å². The van der Waals surface area contributed by atoms with Gasteiger partial charge in [0.15, 0.2) is 5.65 Å². The summed E-state index contributed by atoms with van der Waals surface area (Å²) < 4.78 is 1.69. The molecule has 4 rings (SSSR count). The summed E-state index contributed by atoms with van der Waals surface area (Å²) >= 11 is 0. The Morgan fingerprint density at radius 3 is 2.33 bits per heavy atom. The number of hydrogen-bond acceptors (Lipinski definition) is 4. The fourth-order valence-electron chi connectivity index (χ4n) is 3.17. The maximum atomic E-state index is 12.9. The SMILES string of the molecule is Cc1cc(C(=O)Nc2ccc(NC(=O)C3CC3)cc2)c2c(C)nn(C)c2n1. The number of amides is 2. The van der Waals surface area contributed by atoms with Crippen LogP contribution in [-0.2, 0) is 11.8 Å². The summed E-state index contributed by atoms with van der Waals surface area (Å²) in [6.07, 6.45) is 1.93. The van der Waals surface area contributed by atoms with Crippen molar-refractivity contribution in [3.63, 3.8) is 0 Å². The van der Waals surface area contributed by atoms with Crippen molar-refractivity contribution in [1.29, 1.82) is 0 Å². The van der Waals surface area contributed by atoms with Gasteiger partial charge in [0.05, 0.1) is 16.6 Å². The lowest BCUT2D eigenvalue weighted by molar-refractivity contribution is -0.117. The van der Waals surface area contributed by atoms with Crippen LogP contribution in [0.3, 0.4) is 0 Å². The molecule has 0 saturated heterocycles. The number of nitrogens with one attached hydrogen (secondary N) is 2. The number of carbonyl (C=O) groups is 2. The van der Waals surface area contributed by atoms with Crippen molar-refractivity contribution in [2.75, 3.05) is 10.6 Å². The van der Waals surface area contributed by atoms with Gasteiger partial charge in [0.25, 0.3) is 5.91 Å². The van der Waals surface area contributed by atoms with Gasteiger partial charge in [-0.3, -0.25) is 14.3 Å². The van der Waals surface area contributed by atoms with Crippen molar-refractivity contribution in [3.05, 3.63) is 47.3 Å². The second-order valence-corrected chi connectivity index (χ2v) is 7.01. The van der Waals surface area contributed by atoms with Crippen LogP contribution in [0.2, 0.25) is 0 Å². The molecule has 1 aliphatic rings. The first-order valence-electron chi connectivity index (χ1n) is 8.95. The third-order valence-corrected chi connectivity index (χ3v) is 4.70. The Morgan fingerprint density at radius 2 is 1.70 bits per heavy atom. The van der Waals surface area contributed by atoms with E-state index in [0.717, 1.165) is 35.3 Å². The van der Waals surface area contributed by atoms with Crippen molar-refractivity contribution in [3.8, 4) is 0 Å². The molecular formula is C20H21N5O2. The third-order valence-electron chi connectivity index (χ3n) is 4.70. The Bertz CT molecular complexity index is 1050. The fraction of sp³-hybridized carbons (Fsp3) is 0.300. The zero-order valence-corrected chi connectivity index (χ0v) is 15.5. The molecule has 7 nitrogen and oxygen atoms in total. The zero-order chi connectivity index (χ0) is 19.1. The number of benzene rings is 1. The number of rotatable bonds is 4. The van der Waals surface area contributed by atoms with Gasteiger partial charge >= 0.3 is 0 Å². The normalized spacial score (nSPS) is 13.6. The van der Waals surface area contributed by atoms with E-state index in [2.05, 4.69) is 20.7 Å². The van der Waals surface area contributed by atoms with E-state index < -0.39 is 0 Å². The first kappa shape index (κ1) is 17.2. The molecule has 7 heteroatoms. The van der Waals surface area contributed by atoms with E-state index >= 15 is 0 Å². The number of fused-ring (bicyclic) bond motifs is 1. The molecular weight excluding hydrogens is 342 g/mol. The molecule has 1 aliphatic carbocycles. The van der Waals surface area contributed by atoms with Gasteiger partial charge in [-0.1, -0.05) is 0 Å². The largest absolute Gasteiger partial charge is 0.326 e. The molecule has 0 radical (unpaired) electrons. The Balaban J connectivity index is 1.55. The number of aryl methyl sites for hydroxylation is 3. The highest BCUT2D eigenvalue weighted by Gasteiger charge is 2.29. The predicted molar refractivity (Wildman–Crippen MR) is 104 cm³/mol. The molecule has 0 atom stereocenters. The number of pyridine rings is 1. The molecule has 0 unspecified atom stereocenters. The van der Waals surface area contributed by atoms with Gasteiger partial charge in [-0.15, -0.1) is 0 Å². The summed E-state index contributed by atoms with van der Waals surface area (Å²) in [6.45, 7) is 3.73. The minimum absolute atomic E-state index is 0.0634. The molecule has 2 aromatic heterocycles. The van der Waals surface area contributed by atoms with E-state index in [4.69, 9.17) is 0 Å². The summed E-state index contributed by atoms with van der Waals surface area (Å²) in [5, 5.41) is 10.9. The highest BCUT2D eigenvalue weighted by Crippen LogP contribution is 2.30. The second kappa shape index (κ2) is 6.50. The lowest BCUT2D eigenvalue weighted by Gasteiger charge is -2.09. The van der Waals surface area contributed by atoms with Crippen LogP contribution < -0.4 is 10.6 Å². The Kier molecular flexibility index (Phi) is 4.14. The first-order chi connectivity index (χ1) is 12.9. The Hall–Kier alpha value is -3.22.